The molecular weight excluding hydrogens is 218 g/mol. The molecule has 92 valence electrons. The van der Waals surface area contributed by atoms with Crippen molar-refractivity contribution in [2.45, 2.75) is 25.7 Å². The lowest BCUT2D eigenvalue weighted by Crippen LogP contribution is -2.21. The number of phenolic OH excluding ortho intramolecular Hbond substituents is 1. The standard InChI is InChI=1S/C13H17NO3/c1-2-14-8-9(6-7-12(16)17)13-10(14)4-3-5-11(13)15/h3-5,9,15H,2,6-8H2,1H3,(H,16,17). The molecule has 1 aromatic rings. The highest BCUT2D eigenvalue weighted by atomic mass is 16.4. The Balaban J connectivity index is 2.25. The number of carboxylic acid groups (broad SMARTS) is 1. The van der Waals surface area contributed by atoms with Gasteiger partial charge in [-0.2, -0.15) is 0 Å². The molecule has 0 saturated heterocycles. The van der Waals surface area contributed by atoms with Crippen LogP contribution in [0.25, 0.3) is 0 Å². The maximum atomic E-state index is 10.6. The van der Waals surface area contributed by atoms with E-state index in [4.69, 9.17) is 5.11 Å². The topological polar surface area (TPSA) is 60.8 Å². The molecule has 2 rings (SSSR count). The molecule has 0 spiro atoms. The molecule has 0 aliphatic carbocycles. The number of rotatable bonds is 4. The minimum absolute atomic E-state index is 0.127. The van der Waals surface area contributed by atoms with Crippen molar-refractivity contribution >= 4 is 11.7 Å². The Morgan fingerprint density at radius 2 is 2.29 bits per heavy atom. The number of fused-ring (bicyclic) bond motifs is 1. The summed E-state index contributed by atoms with van der Waals surface area (Å²) in [6.45, 7) is 3.74. The lowest BCUT2D eigenvalue weighted by molar-refractivity contribution is -0.137. The van der Waals surface area contributed by atoms with Crippen LogP contribution < -0.4 is 4.90 Å². The van der Waals surface area contributed by atoms with E-state index in [0.717, 1.165) is 24.3 Å². The van der Waals surface area contributed by atoms with E-state index in [-0.39, 0.29) is 18.1 Å². The van der Waals surface area contributed by atoms with Gasteiger partial charge in [-0.25, -0.2) is 0 Å². The lowest BCUT2D eigenvalue weighted by Gasteiger charge is -2.16. The van der Waals surface area contributed by atoms with Crippen molar-refractivity contribution in [3.8, 4) is 5.75 Å². The van der Waals surface area contributed by atoms with Gasteiger partial charge < -0.3 is 15.1 Å². The highest BCUT2D eigenvalue weighted by Gasteiger charge is 2.30. The van der Waals surface area contributed by atoms with Crippen LogP contribution in [0.2, 0.25) is 0 Å². The van der Waals surface area contributed by atoms with Crippen molar-refractivity contribution in [3.05, 3.63) is 23.8 Å². The molecule has 1 heterocycles. The number of aromatic hydroxyl groups is 1. The van der Waals surface area contributed by atoms with Gasteiger partial charge in [0.1, 0.15) is 5.75 Å². The van der Waals surface area contributed by atoms with E-state index in [1.54, 1.807) is 6.07 Å². The molecule has 0 amide bonds. The average molecular weight is 235 g/mol. The molecule has 17 heavy (non-hydrogen) atoms. The van der Waals surface area contributed by atoms with E-state index in [2.05, 4.69) is 11.8 Å². The van der Waals surface area contributed by atoms with Gasteiger partial charge in [-0.1, -0.05) is 6.07 Å². The SMILES string of the molecule is CCN1CC(CCC(=O)O)c2c(O)cccc21. The van der Waals surface area contributed by atoms with Gasteiger partial charge in [-0.15, -0.1) is 0 Å². The van der Waals surface area contributed by atoms with E-state index >= 15 is 0 Å². The molecule has 1 aliphatic heterocycles. The van der Waals surface area contributed by atoms with E-state index in [1.165, 1.54) is 0 Å². The fraction of sp³-hybridized carbons (Fsp3) is 0.462. The predicted octanol–water partition coefficient (Wildman–Crippen LogP) is 2.18. The van der Waals surface area contributed by atoms with Crippen molar-refractivity contribution < 1.29 is 15.0 Å². The van der Waals surface area contributed by atoms with Gasteiger partial charge in [0.05, 0.1) is 0 Å². The van der Waals surface area contributed by atoms with Gasteiger partial charge in [-0.05, 0) is 25.5 Å². The number of likely N-dealkylation sites (N-methyl/N-ethyl adjacent to an activating group) is 1. The fourth-order valence-electron chi connectivity index (χ4n) is 2.52. The monoisotopic (exact) mass is 235 g/mol. The van der Waals surface area contributed by atoms with E-state index in [0.29, 0.717) is 6.42 Å². The predicted molar refractivity (Wildman–Crippen MR) is 65.6 cm³/mol. The Bertz CT molecular complexity index is 431. The summed E-state index contributed by atoms with van der Waals surface area (Å²) in [5.41, 5.74) is 1.96. The van der Waals surface area contributed by atoms with Crippen LogP contribution in [-0.4, -0.2) is 29.3 Å². The second kappa shape index (κ2) is 4.65. The second-order valence-corrected chi connectivity index (χ2v) is 4.38. The molecule has 1 aliphatic rings. The maximum absolute atomic E-state index is 10.6. The third-order valence-electron chi connectivity index (χ3n) is 3.34. The maximum Gasteiger partial charge on any atom is 0.303 e. The largest absolute Gasteiger partial charge is 0.508 e. The number of anilines is 1. The number of carboxylic acids is 1. The van der Waals surface area contributed by atoms with E-state index in [9.17, 15) is 9.90 Å². The van der Waals surface area contributed by atoms with Gasteiger partial charge in [0, 0.05) is 36.7 Å². The van der Waals surface area contributed by atoms with E-state index < -0.39 is 5.97 Å². The number of hydrogen-bond donors (Lipinski definition) is 2. The molecule has 0 radical (unpaired) electrons. The van der Waals surface area contributed by atoms with Crippen LogP contribution in [0.4, 0.5) is 5.69 Å². The number of nitrogens with zero attached hydrogens (tertiary/aromatic N) is 1. The number of carbonyl (C=O) groups is 1. The minimum atomic E-state index is -0.781. The lowest BCUT2D eigenvalue weighted by atomic mass is 9.95. The zero-order valence-corrected chi connectivity index (χ0v) is 9.89. The van der Waals surface area contributed by atoms with Crippen LogP contribution in [0.3, 0.4) is 0 Å². The molecule has 1 aromatic carbocycles. The molecule has 1 unspecified atom stereocenters. The normalized spacial score (nSPS) is 18.2. The number of benzene rings is 1. The molecule has 0 saturated carbocycles. The van der Waals surface area contributed by atoms with Crippen molar-refractivity contribution in [1.29, 1.82) is 0 Å². The Kier molecular flexibility index (Phi) is 3.22. The van der Waals surface area contributed by atoms with Crippen LogP contribution in [0.5, 0.6) is 5.75 Å². The molecule has 2 N–H and O–H groups in total. The Labute approximate surface area is 100 Å². The molecular formula is C13H17NO3. The summed E-state index contributed by atoms with van der Waals surface area (Å²) in [6.07, 6.45) is 0.729. The molecule has 4 nitrogen and oxygen atoms in total. The molecule has 0 bridgehead atoms. The first kappa shape index (κ1) is 11.8. The van der Waals surface area contributed by atoms with E-state index in [1.807, 2.05) is 12.1 Å². The van der Waals surface area contributed by atoms with Crippen molar-refractivity contribution in [3.63, 3.8) is 0 Å². The van der Waals surface area contributed by atoms with Gasteiger partial charge in [0.25, 0.3) is 0 Å². The summed E-state index contributed by atoms with van der Waals surface area (Å²) in [4.78, 5) is 12.8. The Hall–Kier alpha value is -1.71. The highest BCUT2D eigenvalue weighted by molar-refractivity contribution is 5.68. The summed E-state index contributed by atoms with van der Waals surface area (Å²) >= 11 is 0. The number of phenols is 1. The average Bonchev–Trinajstić information content (AvgIpc) is 2.66. The first-order valence-electron chi connectivity index (χ1n) is 5.92. The molecule has 0 fully saturated rings. The van der Waals surface area contributed by atoms with Crippen molar-refractivity contribution in [2.24, 2.45) is 0 Å². The van der Waals surface area contributed by atoms with Crippen molar-refractivity contribution in [2.75, 3.05) is 18.0 Å². The number of aliphatic carboxylic acids is 1. The summed E-state index contributed by atoms with van der Waals surface area (Å²) in [7, 11) is 0. The zero-order chi connectivity index (χ0) is 12.4. The Morgan fingerprint density at radius 3 is 2.94 bits per heavy atom. The summed E-state index contributed by atoms with van der Waals surface area (Å²) in [5.74, 6) is -0.368. The zero-order valence-electron chi connectivity index (χ0n) is 9.89. The molecule has 1 atom stereocenters. The Morgan fingerprint density at radius 1 is 1.53 bits per heavy atom. The van der Waals surface area contributed by atoms with Crippen LogP contribution >= 0.6 is 0 Å². The molecule has 0 aromatic heterocycles. The summed E-state index contributed by atoms with van der Waals surface area (Å²) in [5, 5.41) is 18.6. The smallest absolute Gasteiger partial charge is 0.303 e. The third-order valence-corrected chi connectivity index (χ3v) is 3.34. The first-order chi connectivity index (χ1) is 8.13. The van der Waals surface area contributed by atoms with Gasteiger partial charge >= 0.3 is 5.97 Å². The first-order valence-corrected chi connectivity index (χ1v) is 5.92. The minimum Gasteiger partial charge on any atom is -0.508 e. The third kappa shape index (κ3) is 2.20. The van der Waals surface area contributed by atoms with Crippen LogP contribution in [0.1, 0.15) is 31.2 Å². The van der Waals surface area contributed by atoms with Gasteiger partial charge in [0.15, 0.2) is 0 Å². The number of hydrogen-bond acceptors (Lipinski definition) is 3. The highest BCUT2D eigenvalue weighted by Crippen LogP contribution is 2.43. The second-order valence-electron chi connectivity index (χ2n) is 4.38. The van der Waals surface area contributed by atoms with Crippen LogP contribution in [-0.2, 0) is 4.79 Å². The molecule has 4 heteroatoms. The quantitative estimate of drug-likeness (QED) is 0.839. The summed E-state index contributed by atoms with van der Waals surface area (Å²) in [6, 6.07) is 5.49. The van der Waals surface area contributed by atoms with Crippen LogP contribution in [0, 0.1) is 0 Å². The van der Waals surface area contributed by atoms with Gasteiger partial charge in [0.2, 0.25) is 0 Å². The summed E-state index contributed by atoms with van der Waals surface area (Å²) < 4.78 is 0. The van der Waals surface area contributed by atoms with Gasteiger partial charge in [-0.3, -0.25) is 4.79 Å². The van der Waals surface area contributed by atoms with Crippen molar-refractivity contribution in [1.82, 2.24) is 0 Å². The van der Waals surface area contributed by atoms with Crippen LogP contribution in [0.15, 0.2) is 18.2 Å². The fourth-order valence-corrected chi connectivity index (χ4v) is 2.52.